The van der Waals surface area contributed by atoms with Crippen molar-refractivity contribution >= 4 is 5.97 Å². The van der Waals surface area contributed by atoms with Gasteiger partial charge in [0, 0.05) is 0 Å². The van der Waals surface area contributed by atoms with Crippen molar-refractivity contribution in [1.82, 2.24) is 0 Å². The Kier molecular flexibility index (Phi) is 3.89. The first-order valence-electron chi connectivity index (χ1n) is 4.65. The Morgan fingerprint density at radius 2 is 1.79 bits per heavy atom. The average Bonchev–Trinajstić information content (AvgIpc) is 2.01. The van der Waals surface area contributed by atoms with Crippen molar-refractivity contribution < 1.29 is 14.9 Å². The van der Waals surface area contributed by atoms with E-state index in [-0.39, 0.29) is 5.41 Å². The summed E-state index contributed by atoms with van der Waals surface area (Å²) >= 11 is 0. The summed E-state index contributed by atoms with van der Waals surface area (Å²) in [6.45, 7) is 13.3. The zero-order valence-electron chi connectivity index (χ0n) is 9.63. The fourth-order valence-corrected chi connectivity index (χ4v) is 1.94. The fourth-order valence-electron chi connectivity index (χ4n) is 1.94. The van der Waals surface area contributed by atoms with E-state index in [0.717, 1.165) is 0 Å². The predicted molar refractivity (Wildman–Crippen MR) is 55.6 cm³/mol. The standard InChI is InChI=1S/C11H20O3/c1-7-11(5,6)8(9(12)14-13)10(2,3)4/h7-8,13H,1H2,2-6H3. The summed E-state index contributed by atoms with van der Waals surface area (Å²) in [6, 6.07) is 0. The van der Waals surface area contributed by atoms with Crippen LogP contribution < -0.4 is 0 Å². The van der Waals surface area contributed by atoms with Crippen molar-refractivity contribution in [2.75, 3.05) is 0 Å². The molecule has 0 spiro atoms. The van der Waals surface area contributed by atoms with Gasteiger partial charge in [0.05, 0.1) is 5.92 Å². The van der Waals surface area contributed by atoms with Crippen LogP contribution in [-0.2, 0) is 9.68 Å². The summed E-state index contributed by atoms with van der Waals surface area (Å²) in [6.07, 6.45) is 1.71. The molecule has 3 heteroatoms. The van der Waals surface area contributed by atoms with Crippen LogP contribution in [0.4, 0.5) is 0 Å². The number of hydrogen-bond acceptors (Lipinski definition) is 3. The summed E-state index contributed by atoms with van der Waals surface area (Å²) in [5, 5.41) is 8.44. The van der Waals surface area contributed by atoms with E-state index >= 15 is 0 Å². The zero-order valence-corrected chi connectivity index (χ0v) is 9.63. The molecule has 0 aromatic carbocycles. The second kappa shape index (κ2) is 4.13. The van der Waals surface area contributed by atoms with Gasteiger partial charge in [0.1, 0.15) is 0 Å². The molecule has 14 heavy (non-hydrogen) atoms. The molecule has 0 fully saturated rings. The normalized spacial score (nSPS) is 14.7. The largest absolute Gasteiger partial charge is 0.346 e. The molecule has 0 saturated heterocycles. The lowest BCUT2D eigenvalue weighted by molar-refractivity contribution is -0.245. The number of carbonyl (C=O) groups excluding carboxylic acids is 1. The first-order valence-corrected chi connectivity index (χ1v) is 4.65. The van der Waals surface area contributed by atoms with Gasteiger partial charge in [-0.05, 0) is 10.8 Å². The zero-order chi connectivity index (χ0) is 11.6. The maximum absolute atomic E-state index is 11.4. The molecule has 3 nitrogen and oxygen atoms in total. The summed E-state index contributed by atoms with van der Waals surface area (Å²) < 4.78 is 0. The van der Waals surface area contributed by atoms with Gasteiger partial charge in [-0.1, -0.05) is 40.7 Å². The highest BCUT2D eigenvalue weighted by molar-refractivity contribution is 5.74. The van der Waals surface area contributed by atoms with E-state index in [1.54, 1.807) is 6.08 Å². The second-order valence-corrected chi connectivity index (χ2v) is 5.23. The van der Waals surface area contributed by atoms with Crippen molar-refractivity contribution in [3.63, 3.8) is 0 Å². The van der Waals surface area contributed by atoms with Crippen LogP contribution in [0.1, 0.15) is 34.6 Å². The van der Waals surface area contributed by atoms with Gasteiger partial charge in [0.25, 0.3) is 0 Å². The molecule has 0 heterocycles. The lowest BCUT2D eigenvalue weighted by Crippen LogP contribution is -2.40. The van der Waals surface area contributed by atoms with Gasteiger partial charge in [-0.2, -0.15) is 5.26 Å². The summed E-state index contributed by atoms with van der Waals surface area (Å²) in [5.74, 6) is -1.03. The van der Waals surface area contributed by atoms with Crippen molar-refractivity contribution in [1.29, 1.82) is 0 Å². The van der Waals surface area contributed by atoms with Gasteiger partial charge >= 0.3 is 5.97 Å². The highest BCUT2D eigenvalue weighted by atomic mass is 17.1. The summed E-state index contributed by atoms with van der Waals surface area (Å²) in [7, 11) is 0. The molecule has 82 valence electrons. The molecule has 0 aliphatic carbocycles. The minimum atomic E-state index is -0.609. The van der Waals surface area contributed by atoms with Crippen LogP contribution in [0.3, 0.4) is 0 Å². The average molecular weight is 200 g/mol. The van der Waals surface area contributed by atoms with Crippen LogP contribution in [0.25, 0.3) is 0 Å². The highest BCUT2D eigenvalue weighted by Crippen LogP contribution is 2.41. The first-order chi connectivity index (χ1) is 6.16. The van der Waals surface area contributed by atoms with Crippen molar-refractivity contribution in [3.05, 3.63) is 12.7 Å². The van der Waals surface area contributed by atoms with E-state index in [4.69, 9.17) is 5.26 Å². The van der Waals surface area contributed by atoms with Crippen LogP contribution in [0, 0.1) is 16.7 Å². The maximum atomic E-state index is 11.4. The summed E-state index contributed by atoms with van der Waals surface area (Å²) in [4.78, 5) is 15.3. The van der Waals surface area contributed by atoms with Gasteiger partial charge in [0.2, 0.25) is 0 Å². The van der Waals surface area contributed by atoms with Crippen LogP contribution in [-0.4, -0.2) is 11.2 Å². The van der Waals surface area contributed by atoms with Crippen LogP contribution in [0.5, 0.6) is 0 Å². The molecule has 0 bridgehead atoms. The molecule has 0 aromatic rings. The monoisotopic (exact) mass is 200 g/mol. The van der Waals surface area contributed by atoms with Crippen molar-refractivity contribution in [3.8, 4) is 0 Å². The second-order valence-electron chi connectivity index (χ2n) is 5.23. The van der Waals surface area contributed by atoms with E-state index < -0.39 is 17.3 Å². The SMILES string of the molecule is C=CC(C)(C)C(C(=O)OO)C(C)(C)C. The molecular formula is C11H20O3. The molecule has 0 aliphatic rings. The van der Waals surface area contributed by atoms with Gasteiger partial charge in [-0.15, -0.1) is 6.58 Å². The third-order valence-electron chi connectivity index (χ3n) is 2.46. The predicted octanol–water partition coefficient (Wildman–Crippen LogP) is 2.88. The third kappa shape index (κ3) is 2.84. The minimum absolute atomic E-state index is 0.280. The Morgan fingerprint density at radius 1 is 1.36 bits per heavy atom. The Morgan fingerprint density at radius 3 is 2.00 bits per heavy atom. The molecular weight excluding hydrogens is 180 g/mol. The fraction of sp³-hybridized carbons (Fsp3) is 0.727. The van der Waals surface area contributed by atoms with Crippen LogP contribution >= 0.6 is 0 Å². The van der Waals surface area contributed by atoms with Crippen molar-refractivity contribution in [2.45, 2.75) is 34.6 Å². The smallest absolute Gasteiger partial charge is 0.301 e. The third-order valence-corrected chi connectivity index (χ3v) is 2.46. The van der Waals surface area contributed by atoms with E-state index in [1.807, 2.05) is 34.6 Å². The number of carbonyl (C=O) groups is 1. The Bertz CT molecular complexity index is 223. The Labute approximate surface area is 85.7 Å². The lowest BCUT2D eigenvalue weighted by atomic mass is 9.66. The number of allylic oxidation sites excluding steroid dienone is 1. The summed E-state index contributed by atoms with van der Waals surface area (Å²) in [5.41, 5.74) is -0.685. The Hall–Kier alpha value is -0.830. The molecule has 1 N–H and O–H groups in total. The molecule has 0 saturated carbocycles. The minimum Gasteiger partial charge on any atom is -0.301 e. The molecule has 0 aromatic heterocycles. The van der Waals surface area contributed by atoms with E-state index in [1.165, 1.54) is 0 Å². The lowest BCUT2D eigenvalue weighted by Gasteiger charge is -2.38. The van der Waals surface area contributed by atoms with Gasteiger partial charge < -0.3 is 4.89 Å². The topological polar surface area (TPSA) is 46.5 Å². The van der Waals surface area contributed by atoms with Gasteiger partial charge in [-0.3, -0.25) is 0 Å². The molecule has 1 atom stereocenters. The van der Waals surface area contributed by atoms with Crippen LogP contribution in [0.2, 0.25) is 0 Å². The number of hydrogen-bond donors (Lipinski definition) is 1. The highest BCUT2D eigenvalue weighted by Gasteiger charge is 2.43. The molecule has 0 rings (SSSR count). The Balaban J connectivity index is 5.12. The molecule has 1 unspecified atom stereocenters. The molecule has 0 aliphatic heterocycles. The van der Waals surface area contributed by atoms with Crippen LogP contribution in [0.15, 0.2) is 12.7 Å². The maximum Gasteiger partial charge on any atom is 0.346 e. The van der Waals surface area contributed by atoms with Gasteiger partial charge in [-0.25, -0.2) is 4.79 Å². The van der Waals surface area contributed by atoms with Crippen molar-refractivity contribution in [2.24, 2.45) is 16.7 Å². The number of rotatable bonds is 3. The van der Waals surface area contributed by atoms with Gasteiger partial charge in [0.15, 0.2) is 0 Å². The van der Waals surface area contributed by atoms with E-state index in [9.17, 15) is 4.79 Å². The molecule has 0 radical (unpaired) electrons. The first kappa shape index (κ1) is 13.2. The quantitative estimate of drug-likeness (QED) is 0.433. The van der Waals surface area contributed by atoms with E-state index in [2.05, 4.69) is 11.5 Å². The molecule has 0 amide bonds. The van der Waals surface area contributed by atoms with E-state index in [0.29, 0.717) is 0 Å².